The normalized spacial score (nSPS) is 16.3. The van der Waals surface area contributed by atoms with Gasteiger partial charge >= 0.3 is 0 Å². The molecule has 0 radical (unpaired) electrons. The summed E-state index contributed by atoms with van der Waals surface area (Å²) in [6, 6.07) is 23.2. The highest BCUT2D eigenvalue weighted by Crippen LogP contribution is 2.36. The van der Waals surface area contributed by atoms with Gasteiger partial charge in [0.05, 0.1) is 32.9 Å². The standard InChI is InChI=1S/C26H36N3O/c1-28(17-18-29(2)19-21-30-22-20-29)16-10-9-15-26(23-27,24-11-5-3-6-12-24)25-13-7-4-8-14-25/h3-8,11-14H,9-10,15-22H2,1-2H3/q+1. The first-order valence-electron chi connectivity index (χ1n) is 11.2. The maximum atomic E-state index is 10.3. The van der Waals surface area contributed by atoms with Gasteiger partial charge in [-0.15, -0.1) is 0 Å². The summed E-state index contributed by atoms with van der Waals surface area (Å²) in [5.41, 5.74) is 1.61. The molecule has 30 heavy (non-hydrogen) atoms. The fraction of sp³-hybridized carbons (Fsp3) is 0.500. The first-order chi connectivity index (χ1) is 14.6. The third-order valence-corrected chi connectivity index (χ3v) is 6.64. The van der Waals surface area contributed by atoms with E-state index in [1.165, 1.54) is 6.54 Å². The molecule has 0 amide bonds. The second-order valence-corrected chi connectivity index (χ2v) is 8.91. The molecular formula is C26H36N3O+. The van der Waals surface area contributed by atoms with E-state index in [0.29, 0.717) is 0 Å². The first-order valence-corrected chi connectivity index (χ1v) is 11.2. The molecule has 0 aliphatic carbocycles. The van der Waals surface area contributed by atoms with E-state index in [9.17, 15) is 5.26 Å². The molecule has 1 aliphatic heterocycles. The molecule has 2 aromatic carbocycles. The van der Waals surface area contributed by atoms with E-state index >= 15 is 0 Å². The predicted octanol–water partition coefficient (Wildman–Crippen LogP) is 4.08. The van der Waals surface area contributed by atoms with Gasteiger partial charge in [-0.1, -0.05) is 60.7 Å². The van der Waals surface area contributed by atoms with E-state index in [1.807, 2.05) is 36.4 Å². The summed E-state index contributed by atoms with van der Waals surface area (Å²) in [4.78, 5) is 2.44. The molecule has 0 atom stereocenters. The molecule has 0 unspecified atom stereocenters. The quantitative estimate of drug-likeness (QED) is 0.441. The van der Waals surface area contributed by atoms with Crippen molar-refractivity contribution in [2.75, 3.05) is 60.0 Å². The summed E-state index contributed by atoms with van der Waals surface area (Å²) >= 11 is 0. The molecular weight excluding hydrogens is 370 g/mol. The maximum Gasteiger partial charge on any atom is 0.107 e. The number of nitrogens with zero attached hydrogens (tertiary/aromatic N) is 3. The molecule has 0 bridgehead atoms. The second kappa shape index (κ2) is 10.7. The van der Waals surface area contributed by atoms with E-state index in [2.05, 4.69) is 49.3 Å². The number of hydrogen-bond acceptors (Lipinski definition) is 3. The van der Waals surface area contributed by atoms with Crippen LogP contribution < -0.4 is 0 Å². The minimum Gasteiger partial charge on any atom is -0.370 e. The molecule has 0 saturated carbocycles. The van der Waals surface area contributed by atoms with Crippen molar-refractivity contribution < 1.29 is 9.22 Å². The summed E-state index contributed by atoms with van der Waals surface area (Å²) in [7, 11) is 4.57. The average molecular weight is 407 g/mol. The Labute approximate surface area is 182 Å². The highest BCUT2D eigenvalue weighted by Gasteiger charge is 2.33. The molecule has 4 nitrogen and oxygen atoms in total. The topological polar surface area (TPSA) is 36.3 Å². The number of hydrogen-bond donors (Lipinski definition) is 0. The Morgan fingerprint density at radius 1 is 0.933 bits per heavy atom. The van der Waals surface area contributed by atoms with Crippen molar-refractivity contribution in [1.82, 2.24) is 4.90 Å². The lowest BCUT2D eigenvalue weighted by Crippen LogP contribution is -2.54. The highest BCUT2D eigenvalue weighted by atomic mass is 16.5. The van der Waals surface area contributed by atoms with E-state index in [0.717, 1.165) is 74.3 Å². The van der Waals surface area contributed by atoms with Crippen LogP contribution in [0.3, 0.4) is 0 Å². The lowest BCUT2D eigenvalue weighted by Gasteiger charge is -2.38. The predicted molar refractivity (Wildman–Crippen MR) is 122 cm³/mol. The van der Waals surface area contributed by atoms with Crippen LogP contribution in [0.1, 0.15) is 30.4 Å². The summed E-state index contributed by atoms with van der Waals surface area (Å²) in [5, 5.41) is 10.3. The van der Waals surface area contributed by atoms with Crippen molar-refractivity contribution in [1.29, 1.82) is 5.26 Å². The van der Waals surface area contributed by atoms with Gasteiger partial charge in [0.15, 0.2) is 0 Å². The molecule has 0 spiro atoms. The van der Waals surface area contributed by atoms with Crippen molar-refractivity contribution in [2.24, 2.45) is 0 Å². The maximum absolute atomic E-state index is 10.3. The Balaban J connectivity index is 1.56. The molecule has 3 rings (SSSR count). The molecule has 0 aromatic heterocycles. The van der Waals surface area contributed by atoms with E-state index < -0.39 is 5.41 Å². The number of ether oxygens (including phenoxy) is 1. The van der Waals surface area contributed by atoms with Crippen LogP contribution in [0.15, 0.2) is 60.7 Å². The van der Waals surface area contributed by atoms with Crippen LogP contribution in [0.2, 0.25) is 0 Å². The molecule has 1 saturated heterocycles. The molecule has 1 fully saturated rings. The van der Waals surface area contributed by atoms with Gasteiger partial charge < -0.3 is 14.1 Å². The van der Waals surface area contributed by atoms with Gasteiger partial charge in [-0.05, 0) is 44.0 Å². The lowest BCUT2D eigenvalue weighted by atomic mass is 9.72. The largest absolute Gasteiger partial charge is 0.370 e. The summed E-state index contributed by atoms with van der Waals surface area (Å²) < 4.78 is 6.63. The zero-order valence-electron chi connectivity index (χ0n) is 18.6. The smallest absolute Gasteiger partial charge is 0.107 e. The van der Waals surface area contributed by atoms with Crippen LogP contribution in [0.25, 0.3) is 0 Å². The molecule has 1 heterocycles. The van der Waals surface area contributed by atoms with Crippen LogP contribution >= 0.6 is 0 Å². The van der Waals surface area contributed by atoms with Crippen molar-refractivity contribution in [3.05, 3.63) is 71.8 Å². The number of nitriles is 1. The zero-order valence-corrected chi connectivity index (χ0v) is 18.6. The summed E-state index contributed by atoms with van der Waals surface area (Å²) in [6.07, 6.45) is 2.98. The van der Waals surface area contributed by atoms with Gasteiger partial charge in [0.1, 0.15) is 18.5 Å². The Bertz CT molecular complexity index is 755. The summed E-state index contributed by atoms with van der Waals surface area (Å²) in [6.45, 7) is 7.36. The van der Waals surface area contributed by atoms with Crippen LogP contribution in [0, 0.1) is 11.3 Å². The summed E-state index contributed by atoms with van der Waals surface area (Å²) in [5.74, 6) is 0. The van der Waals surface area contributed by atoms with Crippen LogP contribution in [-0.4, -0.2) is 69.4 Å². The average Bonchev–Trinajstić information content (AvgIpc) is 2.80. The number of likely N-dealkylation sites (N-methyl/N-ethyl adjacent to an activating group) is 2. The van der Waals surface area contributed by atoms with E-state index in [4.69, 9.17) is 4.74 Å². The third kappa shape index (κ3) is 5.70. The first kappa shape index (κ1) is 22.5. The number of morpholine rings is 1. The van der Waals surface area contributed by atoms with Gasteiger partial charge in [0.2, 0.25) is 0 Å². The fourth-order valence-corrected chi connectivity index (χ4v) is 4.39. The minimum atomic E-state index is -0.576. The zero-order chi connectivity index (χ0) is 21.3. The van der Waals surface area contributed by atoms with Crippen LogP contribution in [-0.2, 0) is 10.2 Å². The van der Waals surface area contributed by atoms with Crippen molar-refractivity contribution in [3.8, 4) is 6.07 Å². The van der Waals surface area contributed by atoms with Gasteiger partial charge in [-0.3, -0.25) is 0 Å². The molecule has 1 aliphatic rings. The molecule has 0 N–H and O–H groups in total. The van der Waals surface area contributed by atoms with Crippen LogP contribution in [0.5, 0.6) is 0 Å². The third-order valence-electron chi connectivity index (χ3n) is 6.64. The second-order valence-electron chi connectivity index (χ2n) is 8.91. The van der Waals surface area contributed by atoms with Crippen LogP contribution in [0.4, 0.5) is 0 Å². The van der Waals surface area contributed by atoms with Gasteiger partial charge in [0, 0.05) is 6.54 Å². The van der Waals surface area contributed by atoms with Crippen molar-refractivity contribution in [3.63, 3.8) is 0 Å². The van der Waals surface area contributed by atoms with E-state index in [-0.39, 0.29) is 0 Å². The van der Waals surface area contributed by atoms with E-state index in [1.54, 1.807) is 0 Å². The number of benzene rings is 2. The minimum absolute atomic E-state index is 0.576. The fourth-order valence-electron chi connectivity index (χ4n) is 4.39. The van der Waals surface area contributed by atoms with Gasteiger partial charge in [-0.25, -0.2) is 0 Å². The monoisotopic (exact) mass is 406 g/mol. The Morgan fingerprint density at radius 3 is 2.03 bits per heavy atom. The SMILES string of the molecule is CN(CCCCC(C#N)(c1ccccc1)c1ccccc1)CC[N+]1(C)CCOCC1. The lowest BCUT2D eigenvalue weighted by molar-refractivity contribution is -0.916. The highest BCUT2D eigenvalue weighted by molar-refractivity contribution is 5.45. The Kier molecular flexibility index (Phi) is 8.04. The number of rotatable bonds is 10. The number of quaternary nitrogens is 1. The molecule has 2 aromatic rings. The van der Waals surface area contributed by atoms with Crippen molar-refractivity contribution >= 4 is 0 Å². The van der Waals surface area contributed by atoms with Gasteiger partial charge in [-0.2, -0.15) is 5.26 Å². The van der Waals surface area contributed by atoms with Gasteiger partial charge in [0.25, 0.3) is 0 Å². The molecule has 160 valence electrons. The van der Waals surface area contributed by atoms with Crippen molar-refractivity contribution in [2.45, 2.75) is 24.7 Å². The number of unbranched alkanes of at least 4 members (excludes halogenated alkanes) is 1. The molecule has 4 heteroatoms. The Morgan fingerprint density at radius 2 is 1.50 bits per heavy atom. The Hall–Kier alpha value is -2.19.